The minimum atomic E-state index is -0.258. The van der Waals surface area contributed by atoms with Crippen LogP contribution in [0.25, 0.3) is 5.65 Å². The van der Waals surface area contributed by atoms with Crippen LogP contribution in [0.15, 0.2) is 24.4 Å². The molecular weight excluding hydrogens is 320 g/mol. The van der Waals surface area contributed by atoms with Crippen molar-refractivity contribution in [3.05, 3.63) is 36.0 Å². The molecule has 130 valence electrons. The molecule has 0 aliphatic carbocycles. The van der Waals surface area contributed by atoms with E-state index in [4.69, 9.17) is 0 Å². The molecule has 1 unspecified atom stereocenters. The highest BCUT2D eigenvalue weighted by Crippen LogP contribution is 2.23. The van der Waals surface area contributed by atoms with Crippen LogP contribution in [-0.4, -0.2) is 47.3 Å². The lowest BCUT2D eigenvalue weighted by atomic mass is 10.0. The van der Waals surface area contributed by atoms with Crippen LogP contribution in [0.4, 0.5) is 0 Å². The molecular formula is C16H20N8O. The maximum atomic E-state index is 12.5. The maximum absolute atomic E-state index is 12.5. The Labute approximate surface area is 144 Å². The summed E-state index contributed by atoms with van der Waals surface area (Å²) in [7, 11) is 0. The Balaban J connectivity index is 1.32. The number of fused-ring (bicyclic) bond motifs is 2. The second-order valence-electron chi connectivity index (χ2n) is 6.25. The molecule has 25 heavy (non-hydrogen) atoms. The summed E-state index contributed by atoms with van der Waals surface area (Å²) in [6, 6.07) is 5.82. The summed E-state index contributed by atoms with van der Waals surface area (Å²) in [5, 5.41) is 23.1. The largest absolute Gasteiger partial charge is 0.355 e. The standard InChI is InChI=1S/C16H20N8O/c25-16(12-6-1-4-11-24-15(12)20-21-22-24)17-9-5-8-14-19-18-13-7-2-3-10-23(13)14/h2-3,7,10,12H,1,4-6,8-9,11H2,(H,17,25). The van der Waals surface area contributed by atoms with Gasteiger partial charge in [-0.3, -0.25) is 9.20 Å². The monoisotopic (exact) mass is 340 g/mol. The molecule has 1 aliphatic heterocycles. The molecule has 3 aromatic heterocycles. The van der Waals surface area contributed by atoms with E-state index in [1.807, 2.05) is 28.8 Å². The third kappa shape index (κ3) is 3.21. The van der Waals surface area contributed by atoms with Crippen LogP contribution in [-0.2, 0) is 17.8 Å². The lowest BCUT2D eigenvalue weighted by Gasteiger charge is -2.13. The summed E-state index contributed by atoms with van der Waals surface area (Å²) in [6.45, 7) is 1.38. The first-order valence-corrected chi connectivity index (χ1v) is 8.65. The summed E-state index contributed by atoms with van der Waals surface area (Å²) in [5.41, 5.74) is 0.840. The minimum absolute atomic E-state index is 0.00375. The van der Waals surface area contributed by atoms with Gasteiger partial charge in [0.1, 0.15) is 5.82 Å². The molecule has 4 rings (SSSR count). The number of nitrogens with one attached hydrogen (secondary N) is 1. The molecule has 1 N–H and O–H groups in total. The average Bonchev–Trinajstić information content (AvgIpc) is 3.21. The van der Waals surface area contributed by atoms with E-state index < -0.39 is 0 Å². The molecule has 0 radical (unpaired) electrons. The van der Waals surface area contributed by atoms with Crippen molar-refractivity contribution in [2.75, 3.05) is 6.54 Å². The fraction of sp³-hybridized carbons (Fsp3) is 0.500. The van der Waals surface area contributed by atoms with Crippen molar-refractivity contribution >= 4 is 11.6 Å². The average molecular weight is 340 g/mol. The Morgan fingerprint density at radius 3 is 3.16 bits per heavy atom. The van der Waals surface area contributed by atoms with E-state index in [1.54, 1.807) is 4.68 Å². The van der Waals surface area contributed by atoms with Crippen LogP contribution in [0.2, 0.25) is 0 Å². The Kier molecular flexibility index (Phi) is 4.36. The van der Waals surface area contributed by atoms with Crippen LogP contribution in [0.1, 0.15) is 43.3 Å². The number of rotatable bonds is 5. The summed E-state index contributed by atoms with van der Waals surface area (Å²) in [4.78, 5) is 12.5. The van der Waals surface area contributed by atoms with Gasteiger partial charge >= 0.3 is 0 Å². The summed E-state index contributed by atoms with van der Waals surface area (Å²) >= 11 is 0. The molecule has 3 aromatic rings. The Morgan fingerprint density at radius 2 is 2.20 bits per heavy atom. The van der Waals surface area contributed by atoms with Gasteiger partial charge in [0.2, 0.25) is 5.91 Å². The third-order valence-electron chi connectivity index (χ3n) is 4.56. The first-order valence-electron chi connectivity index (χ1n) is 8.65. The quantitative estimate of drug-likeness (QED) is 0.687. The van der Waals surface area contributed by atoms with Gasteiger partial charge in [0.05, 0.1) is 5.92 Å². The number of tetrazole rings is 1. The fourth-order valence-corrected chi connectivity index (χ4v) is 3.25. The molecule has 0 aromatic carbocycles. The van der Waals surface area contributed by atoms with Gasteiger partial charge in [-0.1, -0.05) is 12.5 Å². The SMILES string of the molecule is O=C(NCCCc1nnc2ccccn12)C1CCCCn2nnnc21. The number of nitrogens with zero attached hydrogens (tertiary/aromatic N) is 7. The highest BCUT2D eigenvalue weighted by Gasteiger charge is 2.28. The predicted octanol–water partition coefficient (Wildman–Crippen LogP) is 0.732. The van der Waals surface area contributed by atoms with E-state index >= 15 is 0 Å². The Morgan fingerprint density at radius 1 is 1.24 bits per heavy atom. The molecule has 4 heterocycles. The second kappa shape index (κ2) is 6.96. The van der Waals surface area contributed by atoms with Crippen molar-refractivity contribution < 1.29 is 4.79 Å². The number of pyridine rings is 1. The first-order chi connectivity index (χ1) is 12.3. The number of aromatic nitrogens is 7. The number of aryl methyl sites for hydroxylation is 2. The van der Waals surface area contributed by atoms with E-state index in [1.165, 1.54) is 0 Å². The summed E-state index contributed by atoms with van der Waals surface area (Å²) < 4.78 is 3.72. The van der Waals surface area contributed by atoms with Gasteiger partial charge in [0.15, 0.2) is 11.5 Å². The fourth-order valence-electron chi connectivity index (χ4n) is 3.25. The zero-order chi connectivity index (χ0) is 17.1. The van der Waals surface area contributed by atoms with Crippen molar-refractivity contribution in [2.24, 2.45) is 0 Å². The lowest BCUT2D eigenvalue weighted by Crippen LogP contribution is -2.31. The predicted molar refractivity (Wildman–Crippen MR) is 88.7 cm³/mol. The number of amides is 1. The Bertz CT molecular complexity index is 870. The molecule has 9 nitrogen and oxygen atoms in total. The number of hydrogen-bond acceptors (Lipinski definition) is 6. The van der Waals surface area contributed by atoms with Crippen LogP contribution >= 0.6 is 0 Å². The van der Waals surface area contributed by atoms with E-state index in [-0.39, 0.29) is 11.8 Å². The number of carbonyl (C=O) groups excluding carboxylic acids is 1. The smallest absolute Gasteiger partial charge is 0.230 e. The van der Waals surface area contributed by atoms with Gasteiger partial charge in [-0.25, -0.2) is 4.68 Å². The van der Waals surface area contributed by atoms with E-state index in [0.717, 1.165) is 50.1 Å². The highest BCUT2D eigenvalue weighted by atomic mass is 16.1. The lowest BCUT2D eigenvalue weighted by molar-refractivity contribution is -0.122. The summed E-state index contributed by atoms with van der Waals surface area (Å²) in [5.74, 6) is 1.33. The summed E-state index contributed by atoms with van der Waals surface area (Å²) in [6.07, 6.45) is 6.30. The first kappa shape index (κ1) is 15.7. The topological polar surface area (TPSA) is 103 Å². The van der Waals surface area contributed by atoms with Gasteiger partial charge in [-0.2, -0.15) is 0 Å². The van der Waals surface area contributed by atoms with Gasteiger partial charge in [0, 0.05) is 25.7 Å². The van der Waals surface area contributed by atoms with Gasteiger partial charge in [-0.05, 0) is 41.8 Å². The zero-order valence-corrected chi connectivity index (χ0v) is 13.9. The van der Waals surface area contributed by atoms with Crippen molar-refractivity contribution in [3.63, 3.8) is 0 Å². The van der Waals surface area contributed by atoms with Gasteiger partial charge < -0.3 is 5.32 Å². The second-order valence-corrected chi connectivity index (χ2v) is 6.25. The van der Waals surface area contributed by atoms with E-state index in [2.05, 4.69) is 31.0 Å². The maximum Gasteiger partial charge on any atom is 0.230 e. The molecule has 0 fully saturated rings. The molecule has 0 saturated heterocycles. The molecule has 9 heteroatoms. The van der Waals surface area contributed by atoms with E-state index in [9.17, 15) is 4.79 Å². The van der Waals surface area contributed by atoms with Crippen molar-refractivity contribution in [3.8, 4) is 0 Å². The molecule has 1 aliphatic rings. The third-order valence-corrected chi connectivity index (χ3v) is 4.56. The zero-order valence-electron chi connectivity index (χ0n) is 13.9. The van der Waals surface area contributed by atoms with Crippen LogP contribution in [0, 0.1) is 0 Å². The van der Waals surface area contributed by atoms with Gasteiger partial charge in [0.25, 0.3) is 0 Å². The molecule has 1 amide bonds. The number of hydrogen-bond donors (Lipinski definition) is 1. The number of carbonyl (C=O) groups is 1. The van der Waals surface area contributed by atoms with Crippen molar-refractivity contribution in [1.29, 1.82) is 0 Å². The molecule has 1 atom stereocenters. The van der Waals surface area contributed by atoms with Crippen molar-refractivity contribution in [1.82, 2.24) is 40.1 Å². The van der Waals surface area contributed by atoms with Crippen molar-refractivity contribution in [2.45, 2.75) is 44.6 Å². The van der Waals surface area contributed by atoms with Crippen LogP contribution in [0.3, 0.4) is 0 Å². The molecule has 0 saturated carbocycles. The molecule has 0 bridgehead atoms. The normalized spacial score (nSPS) is 17.2. The minimum Gasteiger partial charge on any atom is -0.355 e. The van der Waals surface area contributed by atoms with Crippen LogP contribution in [0.5, 0.6) is 0 Å². The highest BCUT2D eigenvalue weighted by molar-refractivity contribution is 5.82. The Hall–Kier alpha value is -2.84. The molecule has 0 spiro atoms. The van der Waals surface area contributed by atoms with Crippen LogP contribution < -0.4 is 5.32 Å². The van der Waals surface area contributed by atoms with Gasteiger partial charge in [-0.15, -0.1) is 15.3 Å². The van der Waals surface area contributed by atoms with E-state index in [0.29, 0.717) is 12.4 Å².